The van der Waals surface area contributed by atoms with Gasteiger partial charge in [-0.1, -0.05) is 0 Å². The van der Waals surface area contributed by atoms with Crippen LogP contribution in [0.5, 0.6) is 0 Å². The Kier molecular flexibility index (Phi) is 5.51. The predicted octanol–water partition coefficient (Wildman–Crippen LogP) is 1.30. The van der Waals surface area contributed by atoms with Gasteiger partial charge in [0.05, 0.1) is 12.8 Å². The quantitative estimate of drug-likeness (QED) is 0.796. The molecule has 0 unspecified atom stereocenters. The van der Waals surface area contributed by atoms with Crippen LogP contribution in [0.1, 0.15) is 16.9 Å². The van der Waals surface area contributed by atoms with Gasteiger partial charge in [0.25, 0.3) is 0 Å². The average molecular weight is 304 g/mol. The zero-order valence-electron chi connectivity index (χ0n) is 11.7. The van der Waals surface area contributed by atoms with E-state index in [1.807, 2.05) is 18.4 Å². The number of rotatable bonds is 6. The first-order valence-electron chi connectivity index (χ1n) is 5.90. The molecule has 108 valence electrons. The molecule has 0 N–H and O–H groups in total. The zero-order chi connectivity index (χ0) is 14.6. The maximum Gasteiger partial charge on any atom is 0.223 e. The highest BCUT2D eigenvalue weighted by atomic mass is 32.2. The molecular weight excluding hydrogens is 284 g/mol. The maximum atomic E-state index is 11.9. The first-order chi connectivity index (χ1) is 8.71. The molecule has 0 saturated heterocycles. The number of carbonyl (C=O) groups is 1. The lowest BCUT2D eigenvalue weighted by Crippen LogP contribution is -2.32. The molecule has 19 heavy (non-hydrogen) atoms. The summed E-state index contributed by atoms with van der Waals surface area (Å²) >= 11 is 1.62. The van der Waals surface area contributed by atoms with Gasteiger partial charge in [-0.3, -0.25) is 4.79 Å². The number of nitrogens with zero attached hydrogens (tertiary/aromatic N) is 2. The summed E-state index contributed by atoms with van der Waals surface area (Å²) in [6, 6.07) is 2.02. The molecule has 7 heteroatoms. The molecule has 1 amide bonds. The van der Waals surface area contributed by atoms with E-state index in [1.165, 1.54) is 16.9 Å². The summed E-state index contributed by atoms with van der Waals surface area (Å²) in [5.41, 5.74) is 1.18. The van der Waals surface area contributed by atoms with E-state index in [0.717, 1.165) is 11.1 Å². The SMILES string of the molecule is Cc1ccsc1CN(C)C(=O)CCN(C)S(C)(=O)=O. The third kappa shape index (κ3) is 4.93. The van der Waals surface area contributed by atoms with Crippen LogP contribution in [0.2, 0.25) is 0 Å². The second-order valence-electron chi connectivity index (χ2n) is 4.61. The Bertz CT molecular complexity index is 537. The fourth-order valence-electron chi connectivity index (χ4n) is 1.48. The van der Waals surface area contributed by atoms with Gasteiger partial charge in [0, 0.05) is 31.9 Å². The van der Waals surface area contributed by atoms with Crippen molar-refractivity contribution in [2.45, 2.75) is 19.9 Å². The normalized spacial score (nSPS) is 11.8. The van der Waals surface area contributed by atoms with Crippen LogP contribution >= 0.6 is 11.3 Å². The summed E-state index contributed by atoms with van der Waals surface area (Å²) in [4.78, 5) is 14.7. The molecular formula is C12H20N2O3S2. The minimum absolute atomic E-state index is 0.0525. The molecule has 0 saturated carbocycles. The highest BCUT2D eigenvalue weighted by molar-refractivity contribution is 7.88. The van der Waals surface area contributed by atoms with Gasteiger partial charge < -0.3 is 4.90 Å². The smallest absolute Gasteiger partial charge is 0.223 e. The van der Waals surface area contributed by atoms with Crippen molar-refractivity contribution in [3.8, 4) is 0 Å². The summed E-state index contributed by atoms with van der Waals surface area (Å²) in [7, 11) is 0.0000476. The second kappa shape index (κ2) is 6.49. The molecule has 0 aliphatic rings. The van der Waals surface area contributed by atoms with Crippen LogP contribution in [0.25, 0.3) is 0 Å². The number of hydrogen-bond acceptors (Lipinski definition) is 4. The van der Waals surface area contributed by atoms with E-state index in [1.54, 1.807) is 23.3 Å². The number of sulfonamides is 1. The van der Waals surface area contributed by atoms with E-state index in [0.29, 0.717) is 6.54 Å². The molecule has 1 aromatic heterocycles. The van der Waals surface area contributed by atoms with E-state index in [2.05, 4.69) is 0 Å². The summed E-state index contributed by atoms with van der Waals surface area (Å²) in [5, 5.41) is 2.00. The van der Waals surface area contributed by atoms with E-state index >= 15 is 0 Å². The number of aryl methyl sites for hydroxylation is 1. The monoisotopic (exact) mass is 304 g/mol. The van der Waals surface area contributed by atoms with Crippen molar-refractivity contribution in [3.63, 3.8) is 0 Å². The Morgan fingerprint density at radius 2 is 2.00 bits per heavy atom. The standard InChI is InChI=1S/C12H20N2O3S2/c1-10-6-8-18-11(10)9-13(2)12(15)5-7-14(3)19(4,16)17/h6,8H,5,7,9H2,1-4H3. The molecule has 0 fully saturated rings. The third-order valence-corrected chi connectivity index (χ3v) is 5.30. The second-order valence-corrected chi connectivity index (χ2v) is 7.70. The Morgan fingerprint density at radius 3 is 2.47 bits per heavy atom. The summed E-state index contributed by atoms with van der Waals surface area (Å²) in [6.07, 6.45) is 1.33. The van der Waals surface area contributed by atoms with Crippen molar-refractivity contribution >= 4 is 27.3 Å². The average Bonchev–Trinajstić information content (AvgIpc) is 2.70. The van der Waals surface area contributed by atoms with E-state index in [9.17, 15) is 13.2 Å². The number of amides is 1. The van der Waals surface area contributed by atoms with Crippen molar-refractivity contribution in [3.05, 3.63) is 21.9 Å². The molecule has 0 atom stereocenters. The van der Waals surface area contributed by atoms with Crippen molar-refractivity contribution in [1.29, 1.82) is 0 Å². The van der Waals surface area contributed by atoms with Crippen LogP contribution in [0.15, 0.2) is 11.4 Å². The van der Waals surface area contributed by atoms with Crippen molar-refractivity contribution < 1.29 is 13.2 Å². The number of carbonyl (C=O) groups excluding carboxylic acids is 1. The first-order valence-corrected chi connectivity index (χ1v) is 8.63. The van der Waals surface area contributed by atoms with Crippen LogP contribution < -0.4 is 0 Å². The van der Waals surface area contributed by atoms with Gasteiger partial charge in [-0.15, -0.1) is 11.3 Å². The fraction of sp³-hybridized carbons (Fsp3) is 0.583. The molecule has 1 heterocycles. The van der Waals surface area contributed by atoms with Gasteiger partial charge in [0.15, 0.2) is 0 Å². The molecule has 0 spiro atoms. The predicted molar refractivity (Wildman–Crippen MR) is 77.6 cm³/mol. The van der Waals surface area contributed by atoms with E-state index in [4.69, 9.17) is 0 Å². The van der Waals surface area contributed by atoms with Gasteiger partial charge >= 0.3 is 0 Å². The van der Waals surface area contributed by atoms with Crippen LogP contribution in [0.3, 0.4) is 0 Å². The molecule has 0 aliphatic heterocycles. The van der Waals surface area contributed by atoms with Crippen LogP contribution in [-0.2, 0) is 21.4 Å². The zero-order valence-corrected chi connectivity index (χ0v) is 13.3. The van der Waals surface area contributed by atoms with Gasteiger partial charge in [-0.05, 0) is 23.9 Å². The van der Waals surface area contributed by atoms with Crippen molar-refractivity contribution in [2.75, 3.05) is 26.9 Å². The van der Waals surface area contributed by atoms with Crippen LogP contribution in [0, 0.1) is 6.92 Å². The molecule has 5 nitrogen and oxygen atoms in total. The maximum absolute atomic E-state index is 11.9. The lowest BCUT2D eigenvalue weighted by molar-refractivity contribution is -0.130. The van der Waals surface area contributed by atoms with Crippen LogP contribution in [0.4, 0.5) is 0 Å². The molecule has 1 aromatic rings. The summed E-state index contributed by atoms with van der Waals surface area (Å²) in [5.74, 6) is -0.0525. The van der Waals surface area contributed by atoms with Crippen molar-refractivity contribution in [1.82, 2.24) is 9.21 Å². The van der Waals surface area contributed by atoms with Crippen molar-refractivity contribution in [2.24, 2.45) is 0 Å². The van der Waals surface area contributed by atoms with Gasteiger partial charge in [-0.25, -0.2) is 12.7 Å². The molecule has 1 rings (SSSR count). The van der Waals surface area contributed by atoms with E-state index < -0.39 is 10.0 Å². The van der Waals surface area contributed by atoms with E-state index in [-0.39, 0.29) is 18.9 Å². The topological polar surface area (TPSA) is 57.7 Å². The molecule has 0 bridgehead atoms. The third-order valence-electron chi connectivity index (χ3n) is 2.98. The Hall–Kier alpha value is -0.920. The molecule has 0 radical (unpaired) electrons. The highest BCUT2D eigenvalue weighted by Crippen LogP contribution is 2.17. The first kappa shape index (κ1) is 16.1. The van der Waals surface area contributed by atoms with Gasteiger partial charge in [0.1, 0.15) is 0 Å². The Morgan fingerprint density at radius 1 is 1.37 bits per heavy atom. The number of hydrogen-bond donors (Lipinski definition) is 0. The Balaban J connectivity index is 2.48. The lowest BCUT2D eigenvalue weighted by Gasteiger charge is -2.19. The van der Waals surface area contributed by atoms with Gasteiger partial charge in [-0.2, -0.15) is 0 Å². The van der Waals surface area contributed by atoms with Gasteiger partial charge in [0.2, 0.25) is 15.9 Å². The fourth-order valence-corrected chi connectivity index (χ4v) is 2.86. The number of thiophene rings is 1. The highest BCUT2D eigenvalue weighted by Gasteiger charge is 2.15. The van der Waals surface area contributed by atoms with Crippen LogP contribution in [-0.4, -0.2) is 50.4 Å². The molecule has 0 aromatic carbocycles. The summed E-state index contributed by atoms with van der Waals surface area (Å²) < 4.78 is 23.6. The lowest BCUT2D eigenvalue weighted by atomic mass is 10.2. The Labute approximate surface area is 118 Å². The minimum atomic E-state index is -3.22. The molecule has 0 aliphatic carbocycles. The largest absolute Gasteiger partial charge is 0.341 e. The summed E-state index contributed by atoms with van der Waals surface area (Å²) in [6.45, 7) is 2.80. The minimum Gasteiger partial charge on any atom is -0.341 e.